The lowest BCUT2D eigenvalue weighted by molar-refractivity contribution is 0.476. The molecular weight excluding hydrogens is 673 g/mol. The molecule has 10 heteroatoms. The van der Waals surface area contributed by atoms with E-state index in [-0.39, 0.29) is 11.5 Å². The maximum absolute atomic E-state index is 10.6. The van der Waals surface area contributed by atoms with Crippen LogP contribution in [0.2, 0.25) is 0 Å². The molecule has 0 amide bonds. The number of nitriles is 2. The summed E-state index contributed by atoms with van der Waals surface area (Å²) in [7, 11) is 0. The molecule has 10 nitrogen and oxygen atoms in total. The lowest BCUT2D eigenvalue weighted by atomic mass is 10.0. The molecule has 0 unspecified atom stereocenters. The van der Waals surface area contributed by atoms with Crippen LogP contribution in [0.15, 0.2) is 146 Å². The second kappa shape index (κ2) is 14.3. The molecular formula is C44H26N8O2. The first-order chi connectivity index (χ1) is 26.4. The number of hydrogen-bond donors (Lipinski definition) is 2. The molecule has 0 spiro atoms. The summed E-state index contributed by atoms with van der Waals surface area (Å²) in [4.78, 5) is 28.3. The van der Waals surface area contributed by atoms with Crippen LogP contribution in [-0.4, -0.2) is 40.1 Å². The number of nitrogens with zero attached hydrogens (tertiary/aromatic N) is 8. The Morgan fingerprint density at radius 3 is 0.870 bits per heavy atom. The Morgan fingerprint density at radius 2 is 0.574 bits per heavy atom. The largest absolute Gasteiger partial charge is 0.507 e. The predicted molar refractivity (Wildman–Crippen MR) is 204 cm³/mol. The van der Waals surface area contributed by atoms with Gasteiger partial charge in [-0.25, -0.2) is 29.9 Å². The average Bonchev–Trinajstić information content (AvgIpc) is 3.24. The Bertz CT molecular complexity index is 2540. The van der Waals surface area contributed by atoms with Gasteiger partial charge in [-0.1, -0.05) is 72.8 Å². The van der Waals surface area contributed by atoms with E-state index >= 15 is 0 Å². The molecule has 0 fully saturated rings. The molecule has 0 aliphatic carbocycles. The fourth-order valence-corrected chi connectivity index (χ4v) is 5.85. The van der Waals surface area contributed by atoms with Crippen LogP contribution in [0.25, 0.3) is 79.5 Å². The van der Waals surface area contributed by atoms with Crippen LogP contribution in [0.4, 0.5) is 0 Å². The Kier molecular flexibility index (Phi) is 8.74. The van der Waals surface area contributed by atoms with Crippen molar-refractivity contribution in [3.63, 3.8) is 0 Å². The monoisotopic (exact) mass is 698 g/mol. The molecule has 54 heavy (non-hydrogen) atoms. The van der Waals surface area contributed by atoms with Gasteiger partial charge in [-0.05, 0) is 83.9 Å². The molecule has 2 heterocycles. The lowest BCUT2D eigenvalue weighted by Gasteiger charge is -2.11. The first kappa shape index (κ1) is 33.1. The summed E-state index contributed by atoms with van der Waals surface area (Å²) >= 11 is 0. The zero-order valence-electron chi connectivity index (χ0n) is 28.3. The molecule has 0 atom stereocenters. The van der Waals surface area contributed by atoms with Crippen molar-refractivity contribution in [2.24, 2.45) is 0 Å². The maximum Gasteiger partial charge on any atom is 0.167 e. The van der Waals surface area contributed by atoms with Gasteiger partial charge in [0.1, 0.15) is 11.5 Å². The Morgan fingerprint density at radius 1 is 0.315 bits per heavy atom. The van der Waals surface area contributed by atoms with Crippen LogP contribution in [-0.2, 0) is 0 Å². The first-order valence-electron chi connectivity index (χ1n) is 16.8. The van der Waals surface area contributed by atoms with Gasteiger partial charge in [0.25, 0.3) is 0 Å². The summed E-state index contributed by atoms with van der Waals surface area (Å²) in [6.45, 7) is 0. The molecule has 0 saturated carbocycles. The van der Waals surface area contributed by atoms with Gasteiger partial charge in [0.2, 0.25) is 0 Å². The van der Waals surface area contributed by atoms with E-state index in [4.69, 9.17) is 19.9 Å². The normalized spacial score (nSPS) is 10.7. The summed E-state index contributed by atoms with van der Waals surface area (Å²) in [5.41, 5.74) is 6.83. The predicted octanol–water partition coefficient (Wildman–Crippen LogP) is 8.88. The van der Waals surface area contributed by atoms with Crippen molar-refractivity contribution in [2.45, 2.75) is 0 Å². The highest BCUT2D eigenvalue weighted by molar-refractivity contribution is 5.74. The summed E-state index contributed by atoms with van der Waals surface area (Å²) in [5.74, 6) is 2.43. The molecule has 0 aliphatic heterocycles. The second-order valence-corrected chi connectivity index (χ2v) is 12.2. The number of aromatic hydroxyl groups is 2. The van der Waals surface area contributed by atoms with E-state index in [1.54, 1.807) is 84.9 Å². The summed E-state index contributed by atoms with van der Waals surface area (Å²) in [5, 5.41) is 39.7. The quantitative estimate of drug-likeness (QED) is 0.164. The fourth-order valence-electron chi connectivity index (χ4n) is 5.85. The number of hydrogen-bond acceptors (Lipinski definition) is 10. The van der Waals surface area contributed by atoms with Crippen molar-refractivity contribution in [3.8, 4) is 103 Å². The third kappa shape index (κ3) is 6.70. The molecule has 0 radical (unpaired) electrons. The van der Waals surface area contributed by atoms with E-state index in [1.165, 1.54) is 0 Å². The Balaban J connectivity index is 1.12. The average molecular weight is 699 g/mol. The number of para-hydroxylation sites is 2. The number of phenols is 2. The van der Waals surface area contributed by atoms with Gasteiger partial charge in [-0.2, -0.15) is 10.5 Å². The molecule has 0 saturated heterocycles. The SMILES string of the molecule is N#Cc1ccc(-c2nc(-c3ccc(-c4ccc(-c5nc(-c6ccc(C#N)cc6)nc(-c6ccccc6O)n5)cc4)cc3)nc(-c3ccccc3O)n2)cc1. The number of aromatic nitrogens is 6. The highest BCUT2D eigenvalue weighted by atomic mass is 16.3. The minimum atomic E-state index is 0.0521. The number of rotatable bonds is 7. The second-order valence-electron chi connectivity index (χ2n) is 12.2. The van der Waals surface area contributed by atoms with Crippen molar-refractivity contribution < 1.29 is 10.2 Å². The maximum atomic E-state index is 10.6. The zero-order chi connectivity index (χ0) is 37.0. The third-order valence-electron chi connectivity index (χ3n) is 8.72. The van der Waals surface area contributed by atoms with Crippen molar-refractivity contribution in [2.75, 3.05) is 0 Å². The number of benzene rings is 6. The molecule has 2 aromatic heterocycles. The molecule has 254 valence electrons. The van der Waals surface area contributed by atoms with Crippen molar-refractivity contribution in [1.29, 1.82) is 10.5 Å². The van der Waals surface area contributed by atoms with Crippen LogP contribution in [0.5, 0.6) is 11.5 Å². The third-order valence-corrected chi connectivity index (χ3v) is 8.72. The molecule has 8 aromatic rings. The van der Waals surface area contributed by atoms with E-state index in [2.05, 4.69) is 22.1 Å². The Labute approximate surface area is 309 Å². The number of phenolic OH excluding ortho intramolecular Hbond substituents is 2. The summed E-state index contributed by atoms with van der Waals surface area (Å²) in [6, 6.07) is 47.7. The van der Waals surface area contributed by atoms with Gasteiger partial charge in [0, 0.05) is 22.3 Å². The standard InChI is InChI=1S/C44H26N8O2/c45-25-27-9-13-31(14-10-27)39-47-41(51-43(49-39)35-5-1-3-7-37(35)53)33-21-17-29(18-22-33)30-19-23-34(24-20-30)42-48-40(32-15-11-28(26-46)12-16-32)50-44(52-42)36-6-2-4-8-38(36)54/h1-24,53-54H. The van der Waals surface area contributed by atoms with E-state index in [9.17, 15) is 20.7 Å². The van der Waals surface area contributed by atoms with Crippen molar-refractivity contribution >= 4 is 0 Å². The summed E-state index contributed by atoms with van der Waals surface area (Å²) < 4.78 is 0. The topological polar surface area (TPSA) is 165 Å². The smallest absolute Gasteiger partial charge is 0.167 e. The van der Waals surface area contributed by atoms with Crippen LogP contribution in [0.1, 0.15) is 11.1 Å². The van der Waals surface area contributed by atoms with Gasteiger partial charge in [0.15, 0.2) is 34.9 Å². The van der Waals surface area contributed by atoms with Crippen LogP contribution >= 0.6 is 0 Å². The fraction of sp³-hybridized carbons (Fsp3) is 0. The lowest BCUT2D eigenvalue weighted by Crippen LogP contribution is -2.00. The highest BCUT2D eigenvalue weighted by Crippen LogP contribution is 2.33. The van der Waals surface area contributed by atoms with E-state index in [1.807, 2.05) is 60.7 Å². The molecule has 2 N–H and O–H groups in total. The van der Waals surface area contributed by atoms with Crippen molar-refractivity contribution in [1.82, 2.24) is 29.9 Å². The van der Waals surface area contributed by atoms with Gasteiger partial charge in [-0.3, -0.25) is 0 Å². The van der Waals surface area contributed by atoms with Gasteiger partial charge >= 0.3 is 0 Å². The zero-order valence-corrected chi connectivity index (χ0v) is 28.3. The van der Waals surface area contributed by atoms with E-state index in [0.717, 1.165) is 22.3 Å². The van der Waals surface area contributed by atoms with Crippen LogP contribution in [0, 0.1) is 22.7 Å². The molecule has 8 rings (SSSR count). The van der Waals surface area contributed by atoms with E-state index < -0.39 is 0 Å². The first-order valence-corrected chi connectivity index (χ1v) is 16.8. The highest BCUT2D eigenvalue weighted by Gasteiger charge is 2.17. The Hall–Kier alpha value is -8.08. The van der Waals surface area contributed by atoms with Crippen molar-refractivity contribution in [3.05, 3.63) is 157 Å². The van der Waals surface area contributed by atoms with Gasteiger partial charge in [-0.15, -0.1) is 0 Å². The van der Waals surface area contributed by atoms with Gasteiger partial charge < -0.3 is 10.2 Å². The van der Waals surface area contributed by atoms with Gasteiger partial charge in [0.05, 0.1) is 34.4 Å². The van der Waals surface area contributed by atoms with E-state index in [0.29, 0.717) is 68.3 Å². The van der Waals surface area contributed by atoms with Crippen LogP contribution in [0.3, 0.4) is 0 Å². The minimum Gasteiger partial charge on any atom is -0.507 e. The minimum absolute atomic E-state index is 0.0521. The summed E-state index contributed by atoms with van der Waals surface area (Å²) in [6.07, 6.45) is 0. The molecule has 6 aromatic carbocycles. The van der Waals surface area contributed by atoms with Crippen LogP contribution < -0.4 is 0 Å². The molecule has 0 aliphatic rings. The molecule has 0 bridgehead atoms.